The lowest BCUT2D eigenvalue weighted by atomic mass is 9.97. The van der Waals surface area contributed by atoms with E-state index in [2.05, 4.69) is 25.2 Å². The Kier molecular flexibility index (Phi) is 6.25. The smallest absolute Gasteiger partial charge is 0.178 e. The standard InChI is InChI=1S/C24H27F2N5OS/c1-14(2)31-7-8-32-24-17(25)9-16(10-19(24)31)23-18(26)12-28-21(30-23)11-22-29-13-20(33-22)15-3-5-27-6-4-15/h9-10,12-15,27H,3-8,11H2,1-2H3. The van der Waals surface area contributed by atoms with Gasteiger partial charge in [0.25, 0.3) is 0 Å². The van der Waals surface area contributed by atoms with Crippen molar-refractivity contribution in [1.29, 1.82) is 0 Å². The van der Waals surface area contributed by atoms with Crippen molar-refractivity contribution in [3.05, 3.63) is 51.9 Å². The Morgan fingerprint density at radius 3 is 2.76 bits per heavy atom. The molecule has 0 saturated carbocycles. The van der Waals surface area contributed by atoms with Crippen LogP contribution >= 0.6 is 11.3 Å². The van der Waals surface area contributed by atoms with Crippen molar-refractivity contribution in [1.82, 2.24) is 20.3 Å². The zero-order valence-electron chi connectivity index (χ0n) is 18.8. The van der Waals surface area contributed by atoms with Gasteiger partial charge >= 0.3 is 0 Å². The summed E-state index contributed by atoms with van der Waals surface area (Å²) in [6.45, 7) is 7.19. The predicted molar refractivity (Wildman–Crippen MR) is 125 cm³/mol. The molecule has 5 rings (SSSR count). The van der Waals surface area contributed by atoms with Gasteiger partial charge in [-0.25, -0.2) is 23.7 Å². The molecule has 1 fully saturated rings. The topological polar surface area (TPSA) is 63.2 Å². The van der Waals surface area contributed by atoms with Gasteiger partial charge in [-0.05, 0) is 57.8 Å². The number of halogens is 2. The Bertz CT molecular complexity index is 1150. The van der Waals surface area contributed by atoms with E-state index in [1.165, 1.54) is 10.9 Å². The molecule has 6 nitrogen and oxygen atoms in total. The monoisotopic (exact) mass is 471 g/mol. The van der Waals surface area contributed by atoms with Crippen LogP contribution in [0.2, 0.25) is 0 Å². The van der Waals surface area contributed by atoms with Crippen molar-refractivity contribution < 1.29 is 13.5 Å². The minimum absolute atomic E-state index is 0.0890. The lowest BCUT2D eigenvalue weighted by Gasteiger charge is -2.34. The summed E-state index contributed by atoms with van der Waals surface area (Å²) in [7, 11) is 0. The van der Waals surface area contributed by atoms with E-state index in [4.69, 9.17) is 4.74 Å². The van der Waals surface area contributed by atoms with Crippen molar-refractivity contribution in [2.24, 2.45) is 0 Å². The second-order valence-electron chi connectivity index (χ2n) is 8.78. The number of piperidine rings is 1. The third-order valence-electron chi connectivity index (χ3n) is 6.23. The van der Waals surface area contributed by atoms with Crippen LogP contribution in [0, 0.1) is 11.6 Å². The summed E-state index contributed by atoms with van der Waals surface area (Å²) in [5.74, 6) is 0.112. The van der Waals surface area contributed by atoms with E-state index in [0.29, 0.717) is 42.6 Å². The Balaban J connectivity index is 1.43. The maximum Gasteiger partial charge on any atom is 0.178 e. The fourth-order valence-corrected chi connectivity index (χ4v) is 5.59. The highest BCUT2D eigenvalue weighted by Crippen LogP contribution is 2.39. The van der Waals surface area contributed by atoms with Crippen LogP contribution in [0.3, 0.4) is 0 Å². The third kappa shape index (κ3) is 4.56. The molecule has 4 heterocycles. The second kappa shape index (κ2) is 9.30. The zero-order chi connectivity index (χ0) is 22.9. The quantitative estimate of drug-likeness (QED) is 0.589. The first kappa shape index (κ1) is 22.2. The van der Waals surface area contributed by atoms with Gasteiger partial charge in [0.15, 0.2) is 17.4 Å². The Hall–Kier alpha value is -2.65. The lowest BCUT2D eigenvalue weighted by Crippen LogP contribution is -2.38. The Morgan fingerprint density at radius 2 is 1.97 bits per heavy atom. The van der Waals surface area contributed by atoms with E-state index >= 15 is 0 Å². The molecule has 0 amide bonds. The lowest BCUT2D eigenvalue weighted by molar-refractivity contribution is 0.287. The molecule has 3 aromatic rings. The van der Waals surface area contributed by atoms with Gasteiger partial charge < -0.3 is 15.0 Å². The number of fused-ring (bicyclic) bond motifs is 1. The highest BCUT2D eigenvalue weighted by atomic mass is 32.1. The number of aromatic nitrogens is 3. The summed E-state index contributed by atoms with van der Waals surface area (Å²) in [5.41, 5.74) is 1.08. The molecule has 2 aromatic heterocycles. The fraction of sp³-hybridized carbons (Fsp3) is 0.458. The molecule has 0 spiro atoms. The van der Waals surface area contributed by atoms with E-state index in [1.807, 2.05) is 20.0 Å². The van der Waals surface area contributed by atoms with Crippen molar-refractivity contribution in [2.45, 2.75) is 45.1 Å². The average Bonchev–Trinajstić information content (AvgIpc) is 3.29. The van der Waals surface area contributed by atoms with Crippen LogP contribution < -0.4 is 15.0 Å². The molecule has 0 atom stereocenters. The fourth-order valence-electron chi connectivity index (χ4n) is 4.50. The number of rotatable bonds is 5. The molecule has 33 heavy (non-hydrogen) atoms. The van der Waals surface area contributed by atoms with Gasteiger partial charge in [0.05, 0.1) is 24.8 Å². The Labute approximate surface area is 196 Å². The molecule has 0 unspecified atom stereocenters. The van der Waals surface area contributed by atoms with Gasteiger partial charge in [-0.1, -0.05) is 0 Å². The highest BCUT2D eigenvalue weighted by Gasteiger charge is 2.26. The summed E-state index contributed by atoms with van der Waals surface area (Å²) >= 11 is 1.67. The SMILES string of the molecule is CC(C)N1CCOc2c(F)cc(-c3nc(Cc4ncc(C5CCNCC5)s4)ncc3F)cc21. The number of nitrogens with zero attached hydrogens (tertiary/aromatic N) is 4. The molecular weight excluding hydrogens is 444 g/mol. The molecule has 2 aliphatic heterocycles. The largest absolute Gasteiger partial charge is 0.486 e. The molecule has 0 aliphatic carbocycles. The van der Waals surface area contributed by atoms with Gasteiger partial charge in [-0.2, -0.15) is 0 Å². The van der Waals surface area contributed by atoms with E-state index in [-0.39, 0.29) is 17.5 Å². The van der Waals surface area contributed by atoms with E-state index in [1.54, 1.807) is 17.4 Å². The second-order valence-corrected chi connectivity index (χ2v) is 9.93. The van der Waals surface area contributed by atoms with Crippen LogP contribution in [0.4, 0.5) is 14.5 Å². The maximum absolute atomic E-state index is 14.9. The number of hydrogen-bond donors (Lipinski definition) is 1. The molecule has 9 heteroatoms. The zero-order valence-corrected chi connectivity index (χ0v) is 19.6. The van der Waals surface area contributed by atoms with Gasteiger partial charge in [0.1, 0.15) is 23.1 Å². The normalized spacial score (nSPS) is 16.7. The summed E-state index contributed by atoms with van der Waals surface area (Å²) in [4.78, 5) is 16.5. The first-order valence-corrected chi connectivity index (χ1v) is 12.2. The van der Waals surface area contributed by atoms with Crippen molar-refractivity contribution in [3.8, 4) is 17.0 Å². The van der Waals surface area contributed by atoms with Crippen LogP contribution in [0.25, 0.3) is 11.3 Å². The molecule has 0 radical (unpaired) electrons. The highest BCUT2D eigenvalue weighted by molar-refractivity contribution is 7.11. The number of hydrogen-bond acceptors (Lipinski definition) is 7. The average molecular weight is 472 g/mol. The minimum atomic E-state index is -0.583. The first-order chi connectivity index (χ1) is 16.0. The van der Waals surface area contributed by atoms with Gasteiger partial charge in [-0.15, -0.1) is 11.3 Å². The number of benzene rings is 1. The maximum atomic E-state index is 14.9. The van der Waals surface area contributed by atoms with E-state index in [0.717, 1.165) is 37.1 Å². The third-order valence-corrected chi connectivity index (χ3v) is 7.38. The molecule has 0 bridgehead atoms. The summed E-state index contributed by atoms with van der Waals surface area (Å²) in [5, 5.41) is 4.28. The summed E-state index contributed by atoms with van der Waals surface area (Å²) in [6.07, 6.45) is 5.74. The van der Waals surface area contributed by atoms with Crippen LogP contribution in [0.1, 0.15) is 48.3 Å². The molecule has 174 valence electrons. The van der Waals surface area contributed by atoms with Crippen LogP contribution in [-0.2, 0) is 6.42 Å². The van der Waals surface area contributed by atoms with Crippen molar-refractivity contribution in [3.63, 3.8) is 0 Å². The molecule has 1 aromatic carbocycles. The van der Waals surface area contributed by atoms with Gasteiger partial charge in [0, 0.05) is 22.7 Å². The van der Waals surface area contributed by atoms with Crippen molar-refractivity contribution in [2.75, 3.05) is 31.1 Å². The van der Waals surface area contributed by atoms with Crippen LogP contribution in [0.5, 0.6) is 5.75 Å². The number of thiazole rings is 1. The van der Waals surface area contributed by atoms with Gasteiger partial charge in [-0.3, -0.25) is 0 Å². The number of nitrogens with one attached hydrogen (secondary N) is 1. The van der Waals surface area contributed by atoms with Crippen LogP contribution in [0.15, 0.2) is 24.5 Å². The first-order valence-electron chi connectivity index (χ1n) is 11.4. The van der Waals surface area contributed by atoms with E-state index < -0.39 is 11.6 Å². The summed E-state index contributed by atoms with van der Waals surface area (Å²) in [6, 6.07) is 3.20. The van der Waals surface area contributed by atoms with Crippen molar-refractivity contribution >= 4 is 17.0 Å². The number of anilines is 1. The summed E-state index contributed by atoms with van der Waals surface area (Å²) < 4.78 is 35.2. The molecule has 1 N–H and O–H groups in total. The van der Waals surface area contributed by atoms with Gasteiger partial charge in [0.2, 0.25) is 0 Å². The van der Waals surface area contributed by atoms with E-state index in [9.17, 15) is 8.78 Å². The number of ether oxygens (including phenoxy) is 1. The Morgan fingerprint density at radius 1 is 1.15 bits per heavy atom. The molecule has 2 aliphatic rings. The molecule has 1 saturated heterocycles. The minimum Gasteiger partial charge on any atom is -0.486 e. The van der Waals surface area contributed by atoms with Crippen LogP contribution in [-0.4, -0.2) is 47.2 Å². The molecular formula is C24H27F2N5OS. The predicted octanol–water partition coefficient (Wildman–Crippen LogP) is 4.54.